The first-order valence-electron chi connectivity index (χ1n) is 7.50. The van der Waals surface area contributed by atoms with Gasteiger partial charge in [-0.05, 0) is 55.8 Å². The first-order valence-corrected chi connectivity index (χ1v) is 7.50. The van der Waals surface area contributed by atoms with Gasteiger partial charge in [0.25, 0.3) is 0 Å². The average Bonchev–Trinajstić information content (AvgIpc) is 2.31. The summed E-state index contributed by atoms with van der Waals surface area (Å²) in [5, 5.41) is 20.6. The van der Waals surface area contributed by atoms with E-state index in [-0.39, 0.29) is 16.7 Å². The van der Waals surface area contributed by atoms with E-state index in [4.69, 9.17) is 10.2 Å². The third kappa shape index (κ3) is 2.12. The van der Waals surface area contributed by atoms with Crippen LogP contribution in [0.3, 0.4) is 0 Å². The number of aliphatic hydroxyl groups is 1. The molecule has 5 heteroatoms. The van der Waals surface area contributed by atoms with Crippen LogP contribution in [0.1, 0.15) is 45.4 Å². The molecule has 4 fully saturated rings. The van der Waals surface area contributed by atoms with Crippen LogP contribution in [0.2, 0.25) is 0 Å². The Bertz CT molecular complexity index is 433. The lowest BCUT2D eigenvalue weighted by Gasteiger charge is -2.60. The van der Waals surface area contributed by atoms with Crippen LogP contribution < -0.4 is 5.32 Å². The van der Waals surface area contributed by atoms with Gasteiger partial charge < -0.3 is 15.5 Å². The van der Waals surface area contributed by atoms with Crippen molar-refractivity contribution in [2.45, 2.75) is 51.5 Å². The topological polar surface area (TPSA) is 86.6 Å². The molecule has 0 heterocycles. The van der Waals surface area contributed by atoms with E-state index >= 15 is 0 Å². The lowest BCUT2D eigenvalue weighted by atomic mass is 9.44. The van der Waals surface area contributed by atoms with Crippen LogP contribution in [0.5, 0.6) is 0 Å². The summed E-state index contributed by atoms with van der Waals surface area (Å²) >= 11 is 0. The van der Waals surface area contributed by atoms with Crippen molar-refractivity contribution >= 4 is 11.9 Å². The molecule has 0 saturated heterocycles. The summed E-state index contributed by atoms with van der Waals surface area (Å²) in [5.41, 5.74) is -0.138. The number of carbonyl (C=O) groups is 2. The monoisotopic (exact) mass is 281 g/mol. The molecule has 3 N–H and O–H groups in total. The fourth-order valence-electron chi connectivity index (χ4n) is 5.48. The minimum absolute atomic E-state index is 0.153. The molecule has 4 aliphatic carbocycles. The summed E-state index contributed by atoms with van der Waals surface area (Å²) in [5.74, 6) is -0.0927. The van der Waals surface area contributed by atoms with Crippen molar-refractivity contribution in [3.05, 3.63) is 0 Å². The molecule has 2 unspecified atom stereocenters. The molecule has 112 valence electrons. The Labute approximate surface area is 118 Å². The van der Waals surface area contributed by atoms with Gasteiger partial charge in [-0.25, -0.2) is 4.79 Å². The zero-order chi connectivity index (χ0) is 14.5. The molecule has 5 nitrogen and oxygen atoms in total. The Morgan fingerprint density at radius 1 is 1.25 bits per heavy atom. The van der Waals surface area contributed by atoms with Gasteiger partial charge in [0, 0.05) is 0 Å². The number of carboxylic acids is 1. The summed E-state index contributed by atoms with van der Waals surface area (Å²) in [4.78, 5) is 23.6. The summed E-state index contributed by atoms with van der Waals surface area (Å²) in [6.45, 7) is 1.72. The Morgan fingerprint density at radius 3 is 2.30 bits per heavy atom. The number of hydrogen-bond donors (Lipinski definition) is 3. The zero-order valence-electron chi connectivity index (χ0n) is 11.9. The van der Waals surface area contributed by atoms with Gasteiger partial charge in [0.1, 0.15) is 6.04 Å². The summed E-state index contributed by atoms with van der Waals surface area (Å²) < 4.78 is 0. The Hall–Kier alpha value is -1.10. The van der Waals surface area contributed by atoms with E-state index in [1.807, 2.05) is 0 Å². The lowest BCUT2D eigenvalue weighted by Crippen LogP contribution is -2.59. The largest absolute Gasteiger partial charge is 0.480 e. The highest BCUT2D eigenvalue weighted by Gasteiger charge is 2.59. The highest BCUT2D eigenvalue weighted by Crippen LogP contribution is 2.65. The lowest BCUT2D eigenvalue weighted by molar-refractivity contribution is -0.159. The maximum Gasteiger partial charge on any atom is 0.328 e. The van der Waals surface area contributed by atoms with Crippen molar-refractivity contribution in [2.24, 2.45) is 22.7 Å². The van der Waals surface area contributed by atoms with Crippen molar-refractivity contribution < 1.29 is 19.8 Å². The summed E-state index contributed by atoms with van der Waals surface area (Å²) in [6.07, 6.45) is 6.30. The number of hydrogen-bond acceptors (Lipinski definition) is 3. The van der Waals surface area contributed by atoms with Gasteiger partial charge in [0.05, 0.1) is 12.0 Å². The fraction of sp³-hybridized carbons (Fsp3) is 0.867. The standard InChI is InChI=1S/C15H23NO4/c1-14-3-9-2-10(4-14)6-15(5-9,8-14)13(20)16-11(7-17)12(18)19/h9-11,17H,2-8H2,1H3,(H,16,20)(H,18,19)/t9?,10?,11-,14?,15?/m0/s1. The molecule has 0 aliphatic heterocycles. The van der Waals surface area contributed by atoms with Crippen LogP contribution in [0.25, 0.3) is 0 Å². The van der Waals surface area contributed by atoms with Gasteiger partial charge in [-0.2, -0.15) is 0 Å². The van der Waals surface area contributed by atoms with Crippen molar-refractivity contribution in [3.63, 3.8) is 0 Å². The number of nitrogens with one attached hydrogen (secondary N) is 1. The Kier molecular flexibility index (Phi) is 3.08. The molecule has 0 spiro atoms. The summed E-state index contributed by atoms with van der Waals surface area (Å²) in [7, 11) is 0. The van der Waals surface area contributed by atoms with Crippen LogP contribution in [-0.2, 0) is 9.59 Å². The maximum absolute atomic E-state index is 12.6. The molecule has 1 amide bonds. The third-order valence-corrected chi connectivity index (χ3v) is 5.62. The number of aliphatic hydroxyl groups excluding tert-OH is 1. The predicted octanol–water partition coefficient (Wildman–Crippen LogP) is 1.15. The SMILES string of the molecule is CC12CC3CC(C1)CC(C(=O)N[C@@H](CO)C(=O)O)(C3)C2. The van der Waals surface area contributed by atoms with Crippen molar-refractivity contribution in [1.82, 2.24) is 5.32 Å². The van der Waals surface area contributed by atoms with Crippen molar-refractivity contribution in [1.29, 1.82) is 0 Å². The number of rotatable bonds is 4. The van der Waals surface area contributed by atoms with Gasteiger partial charge in [-0.1, -0.05) is 6.92 Å². The normalized spacial score (nSPS) is 43.3. The highest BCUT2D eigenvalue weighted by atomic mass is 16.4. The smallest absolute Gasteiger partial charge is 0.328 e. The first kappa shape index (κ1) is 13.9. The van der Waals surface area contributed by atoms with E-state index in [2.05, 4.69) is 12.2 Å². The number of amides is 1. The van der Waals surface area contributed by atoms with Gasteiger partial charge in [-0.3, -0.25) is 4.79 Å². The molecule has 4 bridgehead atoms. The molecular weight excluding hydrogens is 258 g/mol. The molecule has 4 rings (SSSR count). The number of aliphatic carboxylic acids is 1. The molecule has 4 aliphatic rings. The van der Waals surface area contributed by atoms with Crippen LogP contribution in [-0.4, -0.2) is 34.7 Å². The van der Waals surface area contributed by atoms with E-state index in [1.54, 1.807) is 0 Å². The molecule has 0 aromatic rings. The predicted molar refractivity (Wildman–Crippen MR) is 71.9 cm³/mol. The molecule has 0 aromatic heterocycles. The minimum Gasteiger partial charge on any atom is -0.480 e. The number of carbonyl (C=O) groups excluding carboxylic acids is 1. The summed E-state index contributed by atoms with van der Waals surface area (Å²) in [6, 6.07) is -1.18. The van der Waals surface area contributed by atoms with E-state index in [1.165, 1.54) is 19.3 Å². The van der Waals surface area contributed by atoms with Crippen LogP contribution in [0, 0.1) is 22.7 Å². The van der Waals surface area contributed by atoms with Crippen molar-refractivity contribution in [3.8, 4) is 0 Å². The Balaban J connectivity index is 1.79. The van der Waals surface area contributed by atoms with E-state index < -0.39 is 18.6 Å². The average molecular weight is 281 g/mol. The molecular formula is C15H23NO4. The maximum atomic E-state index is 12.6. The molecule has 4 saturated carbocycles. The minimum atomic E-state index is -1.18. The van der Waals surface area contributed by atoms with Gasteiger partial charge in [0.15, 0.2) is 0 Å². The van der Waals surface area contributed by atoms with Crippen LogP contribution in [0.15, 0.2) is 0 Å². The van der Waals surface area contributed by atoms with Gasteiger partial charge >= 0.3 is 5.97 Å². The van der Waals surface area contributed by atoms with Gasteiger partial charge in [0.2, 0.25) is 5.91 Å². The molecule has 0 aromatic carbocycles. The Morgan fingerprint density at radius 2 is 1.85 bits per heavy atom. The highest BCUT2D eigenvalue weighted by molar-refractivity contribution is 5.88. The van der Waals surface area contributed by atoms with E-state index in [9.17, 15) is 9.59 Å². The van der Waals surface area contributed by atoms with E-state index in [0.29, 0.717) is 11.8 Å². The second kappa shape index (κ2) is 4.45. The zero-order valence-corrected chi connectivity index (χ0v) is 11.9. The molecule has 0 radical (unpaired) electrons. The molecule has 3 atom stereocenters. The fourth-order valence-corrected chi connectivity index (χ4v) is 5.48. The third-order valence-electron chi connectivity index (χ3n) is 5.62. The number of carboxylic acid groups (broad SMARTS) is 1. The van der Waals surface area contributed by atoms with Crippen LogP contribution in [0.4, 0.5) is 0 Å². The second-order valence-corrected chi connectivity index (χ2v) is 7.60. The van der Waals surface area contributed by atoms with E-state index in [0.717, 1.165) is 19.3 Å². The molecule has 20 heavy (non-hydrogen) atoms. The first-order chi connectivity index (χ1) is 9.36. The second-order valence-electron chi connectivity index (χ2n) is 7.60. The van der Waals surface area contributed by atoms with Crippen molar-refractivity contribution in [2.75, 3.05) is 6.61 Å². The quantitative estimate of drug-likeness (QED) is 0.721. The van der Waals surface area contributed by atoms with Gasteiger partial charge in [-0.15, -0.1) is 0 Å². The van der Waals surface area contributed by atoms with Crippen LogP contribution >= 0.6 is 0 Å².